The van der Waals surface area contributed by atoms with Crippen LogP contribution in [0.15, 0.2) is 0 Å². The summed E-state index contributed by atoms with van der Waals surface area (Å²) in [7, 11) is 0. The third-order valence-corrected chi connectivity index (χ3v) is 23.6. The number of alkyl halides is 8. The molecule has 88 heavy (non-hydrogen) atoms. The molecule has 30 rings (SSSR count). The van der Waals surface area contributed by atoms with Crippen LogP contribution in [0.2, 0.25) is 0 Å². The molecular formula is C48H72I8O32. The van der Waals surface area contributed by atoms with Gasteiger partial charge in [-0.05, 0) is 0 Å². The van der Waals surface area contributed by atoms with Crippen molar-refractivity contribution in [3.63, 3.8) is 0 Å². The summed E-state index contributed by atoms with van der Waals surface area (Å²) >= 11 is 15.3. The number of aliphatic hydroxyl groups excluding tert-OH is 16. The second-order valence-electron chi connectivity index (χ2n) is 22.2. The summed E-state index contributed by atoms with van der Waals surface area (Å²) < 4.78 is 98.2. The molecular weight excluding hydrogens is 2100 g/mol. The zero-order valence-corrected chi connectivity index (χ0v) is 62.7. The zero-order valence-electron chi connectivity index (χ0n) is 45.5. The van der Waals surface area contributed by atoms with Gasteiger partial charge < -0.3 is 157 Å². The maximum Gasteiger partial charge on any atom is 0.187 e. The maximum atomic E-state index is 11.7. The van der Waals surface area contributed by atoms with E-state index in [4.69, 9.17) is 75.8 Å². The summed E-state index contributed by atoms with van der Waals surface area (Å²) in [6.07, 6.45) is -64.9. The Bertz CT molecular complexity index is 1730. The maximum absolute atomic E-state index is 11.7. The zero-order chi connectivity index (χ0) is 64.1. The summed E-state index contributed by atoms with van der Waals surface area (Å²) in [6, 6.07) is 0. The lowest BCUT2D eigenvalue weighted by atomic mass is 9.95. The van der Waals surface area contributed by atoms with Gasteiger partial charge >= 0.3 is 0 Å². The first-order valence-corrected chi connectivity index (χ1v) is 39.9. The Morgan fingerprint density at radius 2 is 0.239 bits per heavy atom. The van der Waals surface area contributed by atoms with Crippen molar-refractivity contribution in [1.29, 1.82) is 0 Å². The molecule has 0 spiro atoms. The molecule has 0 saturated carbocycles. The van der Waals surface area contributed by atoms with E-state index in [-0.39, 0.29) is 35.4 Å². The highest BCUT2D eigenvalue weighted by Crippen LogP contribution is 2.41. The molecule has 0 amide bonds. The van der Waals surface area contributed by atoms with E-state index < -0.39 is 246 Å². The molecule has 16 bridgehead atoms. The molecule has 40 atom stereocenters. The Morgan fingerprint density at radius 3 is 0.318 bits per heavy atom. The molecule has 40 heteroatoms. The molecule has 30 aliphatic heterocycles. The van der Waals surface area contributed by atoms with Crippen molar-refractivity contribution in [3.8, 4) is 0 Å². The second-order valence-corrected chi connectivity index (χ2v) is 29.3. The summed E-state index contributed by atoms with van der Waals surface area (Å²) in [5, 5.41) is 186. The number of halogens is 8. The summed E-state index contributed by atoms with van der Waals surface area (Å²) in [4.78, 5) is 0. The van der Waals surface area contributed by atoms with Gasteiger partial charge in [0, 0.05) is 35.4 Å². The lowest BCUT2D eigenvalue weighted by molar-refractivity contribution is -0.396. The lowest BCUT2D eigenvalue weighted by Gasteiger charge is -2.51. The van der Waals surface area contributed by atoms with Gasteiger partial charge in [-0.1, -0.05) is 181 Å². The average molecular weight is 2180 g/mol. The van der Waals surface area contributed by atoms with Gasteiger partial charge in [0.1, 0.15) is 146 Å². The molecule has 0 aromatic rings. The molecule has 512 valence electrons. The number of rotatable bonds is 8. The summed E-state index contributed by atoms with van der Waals surface area (Å²) in [5.74, 6) is 0. The highest BCUT2D eigenvalue weighted by atomic mass is 127. The van der Waals surface area contributed by atoms with Gasteiger partial charge in [-0.15, -0.1) is 0 Å². The number of hydrogen-bond acceptors (Lipinski definition) is 32. The highest BCUT2D eigenvalue weighted by molar-refractivity contribution is 14.1. The standard InChI is InChI=1S/C48H72I8O32/c49-1-9-33-17(57)25(65)41(73-9)82-34-10(2-50)75-43(27(67)19(34)59)84-36-12(4-52)77-45(29(69)21(36)61)86-38-14(6-54)79-47(31(71)23(38)63)88-40-16(8-56)80-48(32(72)24(40)64)87-39-15(7-55)78-46(30(70)22(39)62)85-37-13(5-53)76-44(28(68)20(37)60)83-35-11(3-51)74-42(81-33)26(66)18(35)58/h9-48,57-72H,1-8H2/t9-,10-,11-,12-,13-,14-,15-,16-,17-,18-,19-,20-,21-,22-,23-,24-,25-,26-,27-,28-,29-,30-,31-,32-,33-,34-,35-,36-,37-,38-,39-,40?,41?,42-,43-,44-,45-,46-,47-,48-/m1/s1. The van der Waals surface area contributed by atoms with Crippen LogP contribution in [-0.4, -0.2) is 363 Å². The third-order valence-electron chi connectivity index (χ3n) is 16.7. The van der Waals surface area contributed by atoms with Gasteiger partial charge in [-0.3, -0.25) is 0 Å². The molecule has 30 heterocycles. The van der Waals surface area contributed by atoms with E-state index in [2.05, 4.69) is 0 Å². The van der Waals surface area contributed by atoms with Gasteiger partial charge in [0.15, 0.2) is 50.3 Å². The fourth-order valence-corrected chi connectivity index (χ4v) is 17.4. The Hall–Kier alpha value is 4.56. The topological polar surface area (TPSA) is 471 Å². The lowest BCUT2D eigenvalue weighted by Crippen LogP contribution is -2.68. The van der Waals surface area contributed by atoms with Gasteiger partial charge in [0.05, 0.1) is 48.8 Å². The van der Waals surface area contributed by atoms with Crippen LogP contribution in [0, 0.1) is 0 Å². The van der Waals surface area contributed by atoms with Crippen LogP contribution in [0.4, 0.5) is 0 Å². The molecule has 32 nitrogen and oxygen atoms in total. The van der Waals surface area contributed by atoms with Gasteiger partial charge in [-0.25, -0.2) is 0 Å². The van der Waals surface area contributed by atoms with E-state index in [1.54, 1.807) is 0 Å². The molecule has 30 aliphatic rings. The molecule has 30 fully saturated rings. The van der Waals surface area contributed by atoms with Crippen LogP contribution in [-0.2, 0) is 75.8 Å². The van der Waals surface area contributed by atoms with Crippen LogP contribution in [0.1, 0.15) is 0 Å². The van der Waals surface area contributed by atoms with Crippen molar-refractivity contribution in [1.82, 2.24) is 0 Å². The van der Waals surface area contributed by atoms with Crippen molar-refractivity contribution in [3.05, 3.63) is 0 Å². The first-order valence-electron chi connectivity index (χ1n) is 27.7. The van der Waals surface area contributed by atoms with Crippen molar-refractivity contribution in [2.75, 3.05) is 35.4 Å². The van der Waals surface area contributed by atoms with Crippen LogP contribution in [0.25, 0.3) is 0 Å². The van der Waals surface area contributed by atoms with Crippen molar-refractivity contribution < 1.29 is 157 Å². The van der Waals surface area contributed by atoms with Crippen molar-refractivity contribution >= 4 is 181 Å². The summed E-state index contributed by atoms with van der Waals surface area (Å²) in [6.45, 7) is 0. The van der Waals surface area contributed by atoms with Gasteiger partial charge in [-0.2, -0.15) is 0 Å². The highest BCUT2D eigenvalue weighted by Gasteiger charge is 2.60. The fourth-order valence-electron chi connectivity index (χ4n) is 11.7. The van der Waals surface area contributed by atoms with E-state index in [0.717, 1.165) is 0 Å². The molecule has 0 aliphatic carbocycles. The predicted molar refractivity (Wildman–Crippen MR) is 355 cm³/mol. The van der Waals surface area contributed by atoms with E-state index in [1.807, 2.05) is 181 Å². The van der Waals surface area contributed by atoms with Gasteiger partial charge in [0.25, 0.3) is 0 Å². The first-order chi connectivity index (χ1) is 41.9. The Balaban J connectivity index is 0.975. The number of aliphatic hydroxyl groups is 16. The smallest absolute Gasteiger partial charge is 0.187 e. The minimum Gasteiger partial charge on any atom is -0.387 e. The molecule has 2 unspecified atom stereocenters. The number of ether oxygens (including phenoxy) is 16. The molecule has 0 radical (unpaired) electrons. The van der Waals surface area contributed by atoms with E-state index in [9.17, 15) is 81.7 Å². The van der Waals surface area contributed by atoms with Crippen LogP contribution in [0.3, 0.4) is 0 Å². The molecule has 0 aromatic heterocycles. The van der Waals surface area contributed by atoms with Crippen LogP contribution >= 0.6 is 181 Å². The van der Waals surface area contributed by atoms with E-state index in [1.165, 1.54) is 0 Å². The monoisotopic (exact) mass is 2180 g/mol. The third kappa shape index (κ3) is 16.1. The van der Waals surface area contributed by atoms with E-state index in [0.29, 0.717) is 0 Å². The van der Waals surface area contributed by atoms with Gasteiger partial charge in [0.2, 0.25) is 0 Å². The SMILES string of the molecule is O[C@@H]1[C@@H](O)[C@H]2O[C@H]3[C@H](O)[C@@H](O)[C@@H](O[C@H]4[C@H](O)[C@@H](O)[C@@H](OC5[C@@H](CI)O[C@H](O[C@H]6[C@H](O)[C@@H](O)[C@@H](O[C@H]7[C@H](O)[C@@H](O)[C@@H](O[C@H]8[C@H](O)[C@@H](O)[C@@H](O[C@H]9[C@H](O)[C@@H](O)C(O[C@@H]1[C@@H](CI)O2)O[C@@H]9CI)O[C@@H]8CI)O[C@@H]7CI)O[C@@H]6CI)[C@H](O)[C@H]5O)O[C@@H]4CI)O[C@@H]3CI. The molecule has 30 saturated heterocycles. The molecule has 16 N–H and O–H groups in total. The summed E-state index contributed by atoms with van der Waals surface area (Å²) in [5.41, 5.74) is 0. The Morgan fingerprint density at radius 1 is 0.148 bits per heavy atom. The first kappa shape index (κ1) is 76.7. The molecule has 0 aromatic carbocycles. The Labute approximate surface area is 611 Å². The Kier molecular flexibility index (Phi) is 29.7. The minimum absolute atomic E-state index is 0.0536. The average Bonchev–Trinajstić information content (AvgIpc) is 3.50. The number of hydrogen-bond donors (Lipinski definition) is 16. The predicted octanol–water partition coefficient (Wildman–Crippen LogP) is -5.86. The van der Waals surface area contributed by atoms with Crippen LogP contribution in [0.5, 0.6) is 0 Å². The van der Waals surface area contributed by atoms with Crippen molar-refractivity contribution in [2.45, 2.75) is 246 Å². The largest absolute Gasteiger partial charge is 0.387 e. The quantitative estimate of drug-likeness (QED) is 0.0795. The normalized spacial score (nSPS) is 55.4. The second kappa shape index (κ2) is 34.0. The van der Waals surface area contributed by atoms with E-state index >= 15 is 0 Å². The van der Waals surface area contributed by atoms with Crippen molar-refractivity contribution in [2.24, 2.45) is 0 Å². The van der Waals surface area contributed by atoms with Crippen LogP contribution < -0.4 is 0 Å². The minimum atomic E-state index is -1.93. The fraction of sp³-hybridized carbons (Fsp3) is 1.00.